The van der Waals surface area contributed by atoms with Crippen LogP contribution in [0.15, 0.2) is 72.0 Å². The second-order valence-corrected chi connectivity index (χ2v) is 5.59. The molecule has 0 unspecified atom stereocenters. The van der Waals surface area contributed by atoms with Gasteiger partial charge in [0.05, 0.1) is 5.57 Å². The highest BCUT2D eigenvalue weighted by molar-refractivity contribution is 6.12. The van der Waals surface area contributed by atoms with E-state index in [4.69, 9.17) is 4.74 Å². The van der Waals surface area contributed by atoms with Gasteiger partial charge in [-0.3, -0.25) is 4.79 Å². The smallest absolute Gasteiger partial charge is 0.331 e. The molecule has 0 fully saturated rings. The zero-order chi connectivity index (χ0) is 15.2. The van der Waals surface area contributed by atoms with Gasteiger partial charge in [-0.1, -0.05) is 60.7 Å². The lowest BCUT2D eigenvalue weighted by Gasteiger charge is -2.28. The molecule has 108 valence electrons. The first-order valence-electron chi connectivity index (χ1n) is 7.34. The number of rotatable bonds is 2. The molecule has 0 aromatic heterocycles. The average Bonchev–Trinajstić information content (AvgIpc) is 3.06. The maximum Gasteiger partial charge on any atom is 0.331 e. The Morgan fingerprint density at radius 2 is 1.32 bits per heavy atom. The molecule has 3 nitrogen and oxygen atoms in total. The van der Waals surface area contributed by atoms with E-state index >= 15 is 0 Å². The molecule has 2 aromatic carbocycles. The van der Waals surface area contributed by atoms with Crippen LogP contribution in [0.5, 0.6) is 0 Å². The Morgan fingerprint density at radius 3 is 1.86 bits per heavy atom. The number of esters is 1. The number of hydrogen-bond donors (Lipinski definition) is 0. The Kier molecular flexibility index (Phi) is 2.76. The lowest BCUT2D eigenvalue weighted by Crippen LogP contribution is -2.38. The van der Waals surface area contributed by atoms with Crippen LogP contribution in [0.4, 0.5) is 0 Å². The predicted molar refractivity (Wildman–Crippen MR) is 81.0 cm³/mol. The van der Waals surface area contributed by atoms with Crippen LogP contribution in [-0.2, 0) is 19.7 Å². The van der Waals surface area contributed by atoms with Crippen molar-refractivity contribution in [2.45, 2.75) is 18.3 Å². The van der Waals surface area contributed by atoms with Crippen LogP contribution in [0.3, 0.4) is 0 Å². The van der Waals surface area contributed by atoms with Gasteiger partial charge in [0.2, 0.25) is 0 Å². The molecule has 0 amide bonds. The van der Waals surface area contributed by atoms with Gasteiger partial charge in [-0.25, -0.2) is 4.79 Å². The first kappa shape index (κ1) is 13.0. The van der Waals surface area contributed by atoms with Gasteiger partial charge in [-0.2, -0.15) is 0 Å². The van der Waals surface area contributed by atoms with Crippen molar-refractivity contribution in [1.29, 1.82) is 0 Å². The number of carbonyl (C=O) groups excluding carboxylic acids is 2. The summed E-state index contributed by atoms with van der Waals surface area (Å²) in [6.45, 7) is 0. The van der Waals surface area contributed by atoms with Crippen LogP contribution in [0.25, 0.3) is 0 Å². The van der Waals surface area contributed by atoms with Gasteiger partial charge in [-0.05, 0) is 11.1 Å². The minimum atomic E-state index is -1.12. The minimum absolute atomic E-state index is 0.00792. The fraction of sp³-hybridized carbons (Fsp3) is 0.158. The molecule has 0 spiro atoms. The molecular formula is C19H14O3. The lowest BCUT2D eigenvalue weighted by molar-refractivity contribution is -0.141. The van der Waals surface area contributed by atoms with Crippen molar-refractivity contribution in [3.63, 3.8) is 0 Å². The molecule has 0 radical (unpaired) electrons. The summed E-state index contributed by atoms with van der Waals surface area (Å²) in [5.74, 6) is 0.180. The number of ketones is 1. The van der Waals surface area contributed by atoms with Gasteiger partial charge in [0.15, 0.2) is 5.78 Å². The maximum absolute atomic E-state index is 12.8. The standard InChI is InChI=1S/C19H14O3/c20-15-11-12-16-17(15)19(18(21)22-16,13-7-3-1-4-8-13)14-9-5-2-6-10-14/h1-10H,11-12H2. The van der Waals surface area contributed by atoms with E-state index < -0.39 is 5.41 Å². The van der Waals surface area contributed by atoms with Crippen molar-refractivity contribution < 1.29 is 14.3 Å². The quantitative estimate of drug-likeness (QED) is 0.798. The fourth-order valence-corrected chi connectivity index (χ4v) is 3.51. The summed E-state index contributed by atoms with van der Waals surface area (Å²) in [5.41, 5.74) is 0.971. The Balaban J connectivity index is 2.06. The fourth-order valence-electron chi connectivity index (χ4n) is 3.51. The maximum atomic E-state index is 12.8. The first-order valence-corrected chi connectivity index (χ1v) is 7.34. The molecule has 1 aliphatic carbocycles. The summed E-state index contributed by atoms with van der Waals surface area (Å²) in [7, 11) is 0. The number of hydrogen-bond acceptors (Lipinski definition) is 3. The van der Waals surface area contributed by atoms with E-state index in [1.165, 1.54) is 0 Å². The van der Waals surface area contributed by atoms with Gasteiger partial charge in [0.1, 0.15) is 11.2 Å². The van der Waals surface area contributed by atoms with Crippen LogP contribution in [-0.4, -0.2) is 11.8 Å². The van der Waals surface area contributed by atoms with E-state index in [1.807, 2.05) is 60.7 Å². The zero-order valence-electron chi connectivity index (χ0n) is 11.9. The SMILES string of the molecule is O=C1CCC2=C1C(c1ccccc1)(c1ccccc1)C(=O)O2. The monoisotopic (exact) mass is 290 g/mol. The van der Waals surface area contributed by atoms with Crippen LogP contribution in [0.2, 0.25) is 0 Å². The second-order valence-electron chi connectivity index (χ2n) is 5.59. The minimum Gasteiger partial charge on any atom is -0.429 e. The third-order valence-corrected chi connectivity index (χ3v) is 4.45. The Labute approximate surface area is 128 Å². The van der Waals surface area contributed by atoms with Crippen LogP contribution < -0.4 is 0 Å². The summed E-state index contributed by atoms with van der Waals surface area (Å²) in [6, 6.07) is 18.9. The van der Waals surface area contributed by atoms with Crippen molar-refractivity contribution in [2.75, 3.05) is 0 Å². The first-order chi connectivity index (χ1) is 10.7. The molecule has 0 atom stereocenters. The summed E-state index contributed by atoms with van der Waals surface area (Å²) in [5, 5.41) is 0. The van der Waals surface area contributed by atoms with Gasteiger partial charge in [0.25, 0.3) is 0 Å². The summed E-state index contributed by atoms with van der Waals surface area (Å²) < 4.78 is 5.50. The predicted octanol–water partition coefficient (Wildman–Crippen LogP) is 3.15. The summed E-state index contributed by atoms with van der Waals surface area (Å²) in [6.07, 6.45) is 0.931. The molecule has 1 aliphatic heterocycles. The lowest BCUT2D eigenvalue weighted by atomic mass is 9.69. The molecule has 0 saturated carbocycles. The molecule has 0 N–H and O–H groups in total. The van der Waals surface area contributed by atoms with Gasteiger partial charge < -0.3 is 4.74 Å². The number of allylic oxidation sites excluding steroid dienone is 1. The second kappa shape index (κ2) is 4.67. The molecule has 2 aliphatic rings. The van der Waals surface area contributed by atoms with E-state index in [9.17, 15) is 9.59 Å². The number of ether oxygens (including phenoxy) is 1. The molecular weight excluding hydrogens is 276 g/mol. The molecule has 0 saturated heterocycles. The molecule has 22 heavy (non-hydrogen) atoms. The Morgan fingerprint density at radius 1 is 0.773 bits per heavy atom. The van der Waals surface area contributed by atoms with Crippen molar-refractivity contribution in [1.82, 2.24) is 0 Å². The number of carbonyl (C=O) groups is 2. The van der Waals surface area contributed by atoms with Crippen LogP contribution in [0.1, 0.15) is 24.0 Å². The zero-order valence-corrected chi connectivity index (χ0v) is 11.9. The highest BCUT2D eigenvalue weighted by Gasteiger charge is 2.57. The van der Waals surface area contributed by atoms with Crippen LogP contribution >= 0.6 is 0 Å². The highest BCUT2D eigenvalue weighted by atomic mass is 16.5. The van der Waals surface area contributed by atoms with E-state index in [0.29, 0.717) is 24.2 Å². The van der Waals surface area contributed by atoms with E-state index in [2.05, 4.69) is 0 Å². The normalized spacial score (nSPS) is 19.3. The number of Topliss-reactive ketones (excluding diaryl/α,β-unsaturated/α-hetero) is 1. The van der Waals surface area contributed by atoms with E-state index in [1.54, 1.807) is 0 Å². The Bertz CT molecular complexity index is 748. The van der Waals surface area contributed by atoms with E-state index in [-0.39, 0.29) is 11.8 Å². The van der Waals surface area contributed by atoms with Gasteiger partial charge in [0, 0.05) is 12.8 Å². The van der Waals surface area contributed by atoms with E-state index in [0.717, 1.165) is 11.1 Å². The molecule has 3 heteroatoms. The van der Waals surface area contributed by atoms with Crippen molar-refractivity contribution >= 4 is 11.8 Å². The van der Waals surface area contributed by atoms with Gasteiger partial charge >= 0.3 is 5.97 Å². The molecule has 4 rings (SSSR count). The number of benzene rings is 2. The molecule has 1 heterocycles. The van der Waals surface area contributed by atoms with Crippen molar-refractivity contribution in [3.05, 3.63) is 83.1 Å². The average molecular weight is 290 g/mol. The topological polar surface area (TPSA) is 43.4 Å². The third-order valence-electron chi connectivity index (χ3n) is 4.45. The largest absolute Gasteiger partial charge is 0.429 e. The van der Waals surface area contributed by atoms with Gasteiger partial charge in [-0.15, -0.1) is 0 Å². The molecule has 2 aromatic rings. The van der Waals surface area contributed by atoms with Crippen molar-refractivity contribution in [3.8, 4) is 0 Å². The Hall–Kier alpha value is -2.68. The summed E-state index contributed by atoms with van der Waals surface area (Å²) >= 11 is 0. The molecule has 0 bridgehead atoms. The van der Waals surface area contributed by atoms with Crippen LogP contribution in [0, 0.1) is 0 Å². The third kappa shape index (κ3) is 1.56. The highest BCUT2D eigenvalue weighted by Crippen LogP contribution is 2.50. The van der Waals surface area contributed by atoms with Crippen molar-refractivity contribution in [2.24, 2.45) is 0 Å². The summed E-state index contributed by atoms with van der Waals surface area (Å²) in [4.78, 5) is 25.3.